The van der Waals surface area contributed by atoms with Crippen molar-refractivity contribution in [3.8, 4) is 11.3 Å². The topological polar surface area (TPSA) is 37.8 Å². The fourth-order valence-electron chi connectivity index (χ4n) is 2.83. The van der Waals surface area contributed by atoms with Crippen LogP contribution in [0.1, 0.15) is 41.3 Å². The molecule has 1 N–H and O–H groups in total. The van der Waals surface area contributed by atoms with Crippen molar-refractivity contribution in [3.05, 3.63) is 40.7 Å². The highest BCUT2D eigenvalue weighted by atomic mass is 15.0. The van der Waals surface area contributed by atoms with Gasteiger partial charge < -0.3 is 5.32 Å². The van der Waals surface area contributed by atoms with Gasteiger partial charge in [0.1, 0.15) is 11.6 Å². The summed E-state index contributed by atoms with van der Waals surface area (Å²) in [7, 11) is 1.91. The first kappa shape index (κ1) is 13.1. The molecule has 1 saturated carbocycles. The van der Waals surface area contributed by atoms with E-state index in [4.69, 9.17) is 4.98 Å². The van der Waals surface area contributed by atoms with E-state index in [-0.39, 0.29) is 0 Å². The summed E-state index contributed by atoms with van der Waals surface area (Å²) in [6.45, 7) is 6.46. The van der Waals surface area contributed by atoms with E-state index in [0.717, 1.165) is 17.3 Å². The molecule has 0 unspecified atom stereocenters. The minimum absolute atomic E-state index is 0.563. The van der Waals surface area contributed by atoms with E-state index in [2.05, 4.69) is 49.3 Å². The van der Waals surface area contributed by atoms with Crippen molar-refractivity contribution in [1.82, 2.24) is 9.97 Å². The normalized spacial score (nSPS) is 14.4. The van der Waals surface area contributed by atoms with Crippen LogP contribution in [0.15, 0.2) is 18.2 Å². The predicted octanol–water partition coefficient (Wildman–Crippen LogP) is 3.99. The maximum absolute atomic E-state index is 4.81. The number of hydrogen-bond acceptors (Lipinski definition) is 3. The van der Waals surface area contributed by atoms with Crippen LogP contribution in [0.5, 0.6) is 0 Å². The van der Waals surface area contributed by atoms with Crippen molar-refractivity contribution in [2.24, 2.45) is 0 Å². The van der Waals surface area contributed by atoms with E-state index in [1.165, 1.54) is 35.1 Å². The number of rotatable bonds is 3. The zero-order valence-electron chi connectivity index (χ0n) is 12.6. The SMILES string of the molecule is CNc1cc(-c2c(C)cc(C)cc2C)nc(C2CC2)n1. The molecular formula is C17H21N3. The van der Waals surface area contributed by atoms with Crippen LogP contribution in [0, 0.1) is 20.8 Å². The fourth-order valence-corrected chi connectivity index (χ4v) is 2.83. The van der Waals surface area contributed by atoms with Crippen molar-refractivity contribution < 1.29 is 0 Å². The van der Waals surface area contributed by atoms with E-state index in [1.807, 2.05) is 7.05 Å². The molecule has 0 aliphatic heterocycles. The summed E-state index contributed by atoms with van der Waals surface area (Å²) in [5.41, 5.74) is 6.15. The quantitative estimate of drug-likeness (QED) is 0.913. The summed E-state index contributed by atoms with van der Waals surface area (Å²) in [6, 6.07) is 6.50. The zero-order valence-corrected chi connectivity index (χ0v) is 12.6. The molecule has 0 saturated heterocycles. The average Bonchev–Trinajstić information content (AvgIpc) is 3.21. The molecule has 20 heavy (non-hydrogen) atoms. The lowest BCUT2D eigenvalue weighted by atomic mass is 9.97. The first-order valence-electron chi connectivity index (χ1n) is 7.23. The summed E-state index contributed by atoms with van der Waals surface area (Å²) in [4.78, 5) is 9.41. The predicted molar refractivity (Wildman–Crippen MR) is 83.2 cm³/mol. The van der Waals surface area contributed by atoms with Crippen molar-refractivity contribution in [2.45, 2.75) is 39.5 Å². The van der Waals surface area contributed by atoms with Crippen molar-refractivity contribution in [3.63, 3.8) is 0 Å². The molecule has 1 aromatic heterocycles. The highest BCUT2D eigenvalue weighted by molar-refractivity contribution is 5.70. The first-order valence-corrected chi connectivity index (χ1v) is 7.23. The second-order valence-electron chi connectivity index (χ2n) is 5.79. The molecule has 0 bridgehead atoms. The summed E-state index contributed by atoms with van der Waals surface area (Å²) in [5.74, 6) is 2.47. The summed E-state index contributed by atoms with van der Waals surface area (Å²) in [6.07, 6.45) is 2.44. The Balaban J connectivity index is 2.16. The van der Waals surface area contributed by atoms with Crippen LogP contribution in [0.4, 0.5) is 5.82 Å². The van der Waals surface area contributed by atoms with Gasteiger partial charge in [0, 0.05) is 24.6 Å². The van der Waals surface area contributed by atoms with E-state index < -0.39 is 0 Å². The second kappa shape index (κ2) is 4.89. The Hall–Kier alpha value is -1.90. The number of nitrogens with zero attached hydrogens (tertiary/aromatic N) is 2. The van der Waals surface area contributed by atoms with Crippen LogP contribution in [-0.4, -0.2) is 17.0 Å². The van der Waals surface area contributed by atoms with E-state index in [9.17, 15) is 0 Å². The Bertz CT molecular complexity index is 634. The standard InChI is InChI=1S/C17H21N3/c1-10-7-11(2)16(12(3)8-10)14-9-15(18-4)20-17(19-14)13-5-6-13/h7-9,13H,5-6H2,1-4H3,(H,18,19,20). The van der Waals surface area contributed by atoms with Gasteiger partial charge in [-0.25, -0.2) is 9.97 Å². The number of nitrogens with one attached hydrogen (secondary N) is 1. The highest BCUT2D eigenvalue weighted by Gasteiger charge is 2.27. The van der Waals surface area contributed by atoms with Crippen molar-refractivity contribution in [1.29, 1.82) is 0 Å². The van der Waals surface area contributed by atoms with Crippen LogP contribution < -0.4 is 5.32 Å². The molecule has 1 aromatic carbocycles. The van der Waals surface area contributed by atoms with Crippen molar-refractivity contribution >= 4 is 5.82 Å². The third-order valence-corrected chi connectivity index (χ3v) is 3.88. The van der Waals surface area contributed by atoms with E-state index in [0.29, 0.717) is 5.92 Å². The number of anilines is 1. The molecule has 3 nitrogen and oxygen atoms in total. The molecule has 1 fully saturated rings. The van der Waals surface area contributed by atoms with Gasteiger partial charge in [0.25, 0.3) is 0 Å². The van der Waals surface area contributed by atoms with Crippen molar-refractivity contribution in [2.75, 3.05) is 12.4 Å². The summed E-state index contributed by atoms with van der Waals surface area (Å²) in [5, 5.41) is 3.16. The minimum Gasteiger partial charge on any atom is -0.373 e. The lowest BCUT2D eigenvalue weighted by molar-refractivity contribution is 0.931. The molecule has 3 heteroatoms. The molecule has 1 aliphatic carbocycles. The summed E-state index contributed by atoms with van der Waals surface area (Å²) >= 11 is 0. The zero-order chi connectivity index (χ0) is 14.3. The van der Waals surface area contributed by atoms with Gasteiger partial charge in [0.2, 0.25) is 0 Å². The number of hydrogen-bond donors (Lipinski definition) is 1. The Morgan fingerprint density at radius 2 is 1.65 bits per heavy atom. The molecule has 3 rings (SSSR count). The number of aromatic nitrogens is 2. The van der Waals surface area contributed by atoms with Gasteiger partial charge in [-0.2, -0.15) is 0 Å². The van der Waals surface area contributed by atoms with E-state index >= 15 is 0 Å². The van der Waals surface area contributed by atoms with E-state index in [1.54, 1.807) is 0 Å². The Labute approximate surface area is 120 Å². The Morgan fingerprint density at radius 3 is 2.20 bits per heavy atom. The molecule has 0 amide bonds. The average molecular weight is 267 g/mol. The lowest BCUT2D eigenvalue weighted by Gasteiger charge is -2.13. The third-order valence-electron chi connectivity index (χ3n) is 3.88. The van der Waals surface area contributed by atoms with Crippen LogP contribution >= 0.6 is 0 Å². The molecule has 0 spiro atoms. The van der Waals surface area contributed by atoms with Gasteiger partial charge >= 0.3 is 0 Å². The van der Waals surface area contributed by atoms with Crippen LogP contribution in [0.25, 0.3) is 11.3 Å². The molecule has 0 atom stereocenters. The third kappa shape index (κ3) is 2.40. The fraction of sp³-hybridized carbons (Fsp3) is 0.412. The maximum Gasteiger partial charge on any atom is 0.134 e. The van der Waals surface area contributed by atoms with Crippen LogP contribution in [0.2, 0.25) is 0 Å². The van der Waals surface area contributed by atoms with Gasteiger partial charge in [-0.3, -0.25) is 0 Å². The molecular weight excluding hydrogens is 246 g/mol. The van der Waals surface area contributed by atoms with Gasteiger partial charge in [-0.1, -0.05) is 17.7 Å². The van der Waals surface area contributed by atoms with Gasteiger partial charge in [0.05, 0.1) is 5.69 Å². The van der Waals surface area contributed by atoms with Gasteiger partial charge in [-0.15, -0.1) is 0 Å². The van der Waals surface area contributed by atoms with Gasteiger partial charge in [0.15, 0.2) is 0 Å². The van der Waals surface area contributed by atoms with Crippen LogP contribution in [-0.2, 0) is 0 Å². The van der Waals surface area contributed by atoms with Crippen LogP contribution in [0.3, 0.4) is 0 Å². The largest absolute Gasteiger partial charge is 0.373 e. The Kier molecular flexibility index (Phi) is 3.20. The molecule has 1 aliphatic rings. The monoisotopic (exact) mass is 267 g/mol. The first-order chi connectivity index (χ1) is 9.58. The second-order valence-corrected chi connectivity index (χ2v) is 5.79. The molecule has 2 aromatic rings. The smallest absolute Gasteiger partial charge is 0.134 e. The highest BCUT2D eigenvalue weighted by Crippen LogP contribution is 2.39. The molecule has 1 heterocycles. The molecule has 104 valence electrons. The van der Waals surface area contributed by atoms with Gasteiger partial charge in [-0.05, 0) is 44.7 Å². The Morgan fingerprint density at radius 1 is 1.00 bits per heavy atom. The maximum atomic E-state index is 4.81. The number of benzene rings is 1. The molecule has 0 radical (unpaired) electrons. The lowest BCUT2D eigenvalue weighted by Crippen LogP contribution is -2.02. The number of aryl methyl sites for hydroxylation is 3. The summed E-state index contributed by atoms with van der Waals surface area (Å²) < 4.78 is 0. The minimum atomic E-state index is 0.563.